The van der Waals surface area contributed by atoms with Gasteiger partial charge in [-0.3, -0.25) is 0 Å². The van der Waals surface area contributed by atoms with Gasteiger partial charge in [0.25, 0.3) is 0 Å². The number of rotatable bonds is 8. The highest BCUT2D eigenvalue weighted by Crippen LogP contribution is 2.31. The number of hydrogen-bond donors (Lipinski definition) is 0. The van der Waals surface area contributed by atoms with Gasteiger partial charge in [-0.25, -0.2) is 57.1 Å². The molecule has 0 aliphatic carbocycles. The van der Waals surface area contributed by atoms with Crippen LogP contribution in [0, 0.1) is 11.6 Å². The molecule has 0 aliphatic heterocycles. The van der Waals surface area contributed by atoms with Gasteiger partial charge in [-0.15, -0.1) is 23.2 Å². The first kappa shape index (κ1) is 35.1. The molecule has 0 aliphatic rings. The van der Waals surface area contributed by atoms with Crippen molar-refractivity contribution in [2.75, 3.05) is 11.5 Å². The molecule has 0 aromatic carbocycles. The van der Waals surface area contributed by atoms with E-state index < -0.39 is 37.0 Å². The summed E-state index contributed by atoms with van der Waals surface area (Å²) in [5.41, 5.74) is 0. The van der Waals surface area contributed by atoms with Gasteiger partial charge in [-0.05, 0) is 26.0 Å². The van der Waals surface area contributed by atoms with Gasteiger partial charge in [0.05, 0.1) is 30.5 Å². The zero-order valence-electron chi connectivity index (χ0n) is 19.9. The second-order valence-electron chi connectivity index (χ2n) is 7.96. The van der Waals surface area contributed by atoms with Crippen LogP contribution in [0.4, 0.5) is 8.78 Å². The molecule has 16 heteroatoms. The molecule has 0 radical (unpaired) electrons. The number of thioether (sulfide) groups is 1. The third-order valence-electron chi connectivity index (χ3n) is 4.47. The number of halogens is 4. The molecule has 4 heterocycles. The van der Waals surface area contributed by atoms with Crippen molar-refractivity contribution >= 4 is 44.8 Å². The lowest BCUT2D eigenvalue weighted by molar-refractivity contribution is 0.566. The lowest BCUT2D eigenvalue weighted by atomic mass is 10.2. The van der Waals surface area contributed by atoms with E-state index in [4.69, 9.17) is 23.2 Å². The fourth-order valence-corrected chi connectivity index (χ4v) is 5.72. The van der Waals surface area contributed by atoms with Crippen molar-refractivity contribution < 1.29 is 17.2 Å². The topological polar surface area (TPSA) is 137 Å². The van der Waals surface area contributed by atoms with Crippen LogP contribution in [0.5, 0.6) is 0 Å². The van der Waals surface area contributed by atoms with Crippen LogP contribution >= 0.6 is 35.0 Å². The van der Waals surface area contributed by atoms with Gasteiger partial charge in [0.1, 0.15) is 21.4 Å². The first-order chi connectivity index (χ1) is 17.9. The largest absolute Gasteiger partial charge is 0.247 e. The van der Waals surface area contributed by atoms with Crippen LogP contribution in [0.2, 0.25) is 0 Å². The highest BCUT2D eigenvalue weighted by atomic mass is 35.5. The van der Waals surface area contributed by atoms with Crippen LogP contribution in [0.1, 0.15) is 40.3 Å². The summed E-state index contributed by atoms with van der Waals surface area (Å²) in [5.74, 6) is -0.726. The molecule has 4 aromatic rings. The SMILES string of the molecule is C.C.CC(Cl)(CS(=O)(=O)c1ncccn1)c1ncc(F)cn1.CC(Cl)(CSc1ncccn1)c1ncc(F)cn1. The van der Waals surface area contributed by atoms with Gasteiger partial charge in [-0.2, -0.15) is 0 Å². The normalized spacial score (nSPS) is 13.8. The molecule has 2 atom stereocenters. The molecule has 40 heavy (non-hydrogen) atoms. The van der Waals surface area contributed by atoms with Crippen LogP contribution in [-0.2, 0) is 19.6 Å². The smallest absolute Gasteiger partial charge is 0.236 e. The zero-order chi connectivity index (χ0) is 27.8. The van der Waals surface area contributed by atoms with Gasteiger partial charge in [0.15, 0.2) is 16.8 Å². The van der Waals surface area contributed by atoms with Gasteiger partial charge >= 0.3 is 0 Å². The Labute approximate surface area is 246 Å². The second kappa shape index (κ2) is 15.2. The molecule has 4 aromatic heterocycles. The minimum atomic E-state index is -3.80. The Hall–Kier alpha value is -2.94. The van der Waals surface area contributed by atoms with Gasteiger partial charge in [0.2, 0.25) is 15.0 Å². The Morgan fingerprint density at radius 3 is 1.57 bits per heavy atom. The Bertz CT molecular complexity index is 1420. The molecule has 2 unspecified atom stereocenters. The predicted molar refractivity (Wildman–Crippen MR) is 151 cm³/mol. The number of alkyl halides is 2. The number of aromatic nitrogens is 8. The number of nitrogens with zero attached hydrogens (tertiary/aromatic N) is 8. The van der Waals surface area contributed by atoms with E-state index in [1.807, 2.05) is 0 Å². The van der Waals surface area contributed by atoms with Crippen molar-refractivity contribution in [2.45, 2.75) is 48.8 Å². The monoisotopic (exact) mass is 632 g/mol. The van der Waals surface area contributed by atoms with Gasteiger partial charge in [0, 0.05) is 30.5 Å². The van der Waals surface area contributed by atoms with Gasteiger partial charge < -0.3 is 0 Å². The Morgan fingerprint density at radius 1 is 0.725 bits per heavy atom. The third kappa shape index (κ3) is 10.2. The first-order valence-corrected chi connectivity index (χ1v) is 14.0. The fraction of sp³-hybridized carbons (Fsp3) is 0.333. The van der Waals surface area contributed by atoms with Gasteiger partial charge in [-0.1, -0.05) is 26.6 Å². The molecule has 0 N–H and O–H groups in total. The third-order valence-corrected chi connectivity index (χ3v) is 8.31. The van der Waals surface area contributed by atoms with Crippen molar-refractivity contribution in [1.82, 2.24) is 39.9 Å². The summed E-state index contributed by atoms with van der Waals surface area (Å²) in [5, 5.41) is 0.306. The Morgan fingerprint density at radius 2 is 1.12 bits per heavy atom. The van der Waals surface area contributed by atoms with Crippen LogP contribution in [-0.4, -0.2) is 59.8 Å². The maximum Gasteiger partial charge on any atom is 0.247 e. The molecule has 0 bridgehead atoms. The van der Waals surface area contributed by atoms with E-state index in [2.05, 4.69) is 39.9 Å². The molecule has 0 spiro atoms. The second-order valence-corrected chi connectivity index (χ2v) is 12.4. The number of hydrogen-bond acceptors (Lipinski definition) is 11. The molecule has 0 amide bonds. The summed E-state index contributed by atoms with van der Waals surface area (Å²) in [6.45, 7) is 3.21. The molecule has 0 saturated heterocycles. The molecule has 0 fully saturated rings. The summed E-state index contributed by atoms with van der Waals surface area (Å²) in [4.78, 5) is 28.5. The van der Waals surface area contributed by atoms with Crippen molar-refractivity contribution in [3.05, 3.63) is 85.0 Å². The van der Waals surface area contributed by atoms with Crippen LogP contribution < -0.4 is 0 Å². The van der Waals surface area contributed by atoms with Crippen LogP contribution in [0.15, 0.2) is 72.0 Å². The number of sulfone groups is 1. The lowest BCUT2D eigenvalue weighted by Gasteiger charge is -2.19. The summed E-state index contributed by atoms with van der Waals surface area (Å²) in [6.07, 6.45) is 10.0. The van der Waals surface area contributed by atoms with E-state index in [9.17, 15) is 17.2 Å². The first-order valence-electron chi connectivity index (χ1n) is 10.6. The van der Waals surface area contributed by atoms with E-state index in [1.165, 1.54) is 37.1 Å². The molecule has 10 nitrogen and oxygen atoms in total. The fourth-order valence-electron chi connectivity index (χ4n) is 2.72. The highest BCUT2D eigenvalue weighted by molar-refractivity contribution is 7.99. The average Bonchev–Trinajstić information content (AvgIpc) is 2.89. The average molecular weight is 634 g/mol. The Kier molecular flexibility index (Phi) is 13.3. The van der Waals surface area contributed by atoms with E-state index in [1.54, 1.807) is 25.4 Å². The molecular formula is C24H28Cl2F2N8O2S2. The van der Waals surface area contributed by atoms with Crippen molar-refractivity contribution in [2.24, 2.45) is 0 Å². The summed E-state index contributed by atoms with van der Waals surface area (Å²) >= 11 is 13.9. The van der Waals surface area contributed by atoms with E-state index in [-0.39, 0.29) is 25.8 Å². The quantitative estimate of drug-likeness (QED) is 0.143. The zero-order valence-corrected chi connectivity index (χ0v) is 23.1. The molecule has 216 valence electrons. The van der Waals surface area contributed by atoms with Crippen molar-refractivity contribution in [3.63, 3.8) is 0 Å². The maximum absolute atomic E-state index is 12.8. The molecule has 0 saturated carbocycles. The van der Waals surface area contributed by atoms with Crippen molar-refractivity contribution in [1.29, 1.82) is 0 Å². The maximum atomic E-state index is 12.8. The minimum absolute atomic E-state index is 0. The summed E-state index contributed by atoms with van der Waals surface area (Å²) in [7, 11) is -3.80. The summed E-state index contributed by atoms with van der Waals surface area (Å²) < 4.78 is 49.8. The molecule has 4 rings (SSSR count). The standard InChI is InChI=1S/C11H10ClFN4O2S.C11H10ClFN4S.2CH4/c1-11(12,9-16-5-8(13)6-17-9)7-20(18,19)10-14-3-2-4-15-10;1-11(12,9-16-5-8(13)6-17-9)7-18-10-14-3-2-4-15-10;;/h2-6H,7H2,1H3;2-6H,7H2,1H3;2*1H4. The van der Waals surface area contributed by atoms with Crippen molar-refractivity contribution in [3.8, 4) is 0 Å². The summed E-state index contributed by atoms with van der Waals surface area (Å²) in [6, 6.07) is 3.25. The lowest BCUT2D eigenvalue weighted by Crippen LogP contribution is -2.29. The van der Waals surface area contributed by atoms with E-state index >= 15 is 0 Å². The Balaban J connectivity index is 0.000000383. The van der Waals surface area contributed by atoms with Crippen LogP contribution in [0.3, 0.4) is 0 Å². The van der Waals surface area contributed by atoms with E-state index in [0.717, 1.165) is 24.8 Å². The minimum Gasteiger partial charge on any atom is -0.236 e. The molecular weight excluding hydrogens is 605 g/mol. The highest BCUT2D eigenvalue weighted by Gasteiger charge is 2.35. The van der Waals surface area contributed by atoms with E-state index in [0.29, 0.717) is 16.7 Å². The van der Waals surface area contributed by atoms with Crippen LogP contribution in [0.25, 0.3) is 0 Å². The predicted octanol–water partition coefficient (Wildman–Crippen LogP) is 5.26.